The zero-order valence-corrected chi connectivity index (χ0v) is 5.82. The average molecular weight is 157 g/mol. The molecule has 5 heteroatoms. The molecule has 4 nitrogen and oxygen atoms in total. The summed E-state index contributed by atoms with van der Waals surface area (Å²) in [6.45, 7) is 0. The molecule has 10 heavy (non-hydrogen) atoms. The number of halogens is 1. The van der Waals surface area contributed by atoms with Crippen LogP contribution in [0.25, 0.3) is 5.65 Å². The van der Waals surface area contributed by atoms with Gasteiger partial charge < -0.3 is 0 Å². The summed E-state index contributed by atoms with van der Waals surface area (Å²) in [5.74, 6) is 0. The Kier molecular flexibility index (Phi) is 1.82. The molecule has 52 valence electrons. The van der Waals surface area contributed by atoms with Gasteiger partial charge in [0, 0.05) is 6.07 Å². The highest BCUT2D eigenvalue weighted by molar-refractivity contribution is 5.85. The second kappa shape index (κ2) is 2.62. The van der Waals surface area contributed by atoms with Crippen LogP contribution >= 0.6 is 12.4 Å². The molecule has 0 amide bonds. The minimum atomic E-state index is 0. The van der Waals surface area contributed by atoms with Crippen LogP contribution < -0.4 is 0 Å². The fraction of sp³-hybridized carbons (Fsp3) is 0. The second-order valence-corrected chi connectivity index (χ2v) is 1.64. The summed E-state index contributed by atoms with van der Waals surface area (Å²) in [6.07, 6.45) is 4.80. The van der Waals surface area contributed by atoms with Crippen LogP contribution in [0, 0.1) is 0 Å². The highest BCUT2D eigenvalue weighted by atomic mass is 35.5. The summed E-state index contributed by atoms with van der Waals surface area (Å²) in [4.78, 5) is 7.70. The fourth-order valence-corrected chi connectivity index (χ4v) is 0.684. The van der Waals surface area contributed by atoms with E-state index in [0.29, 0.717) is 0 Å². The van der Waals surface area contributed by atoms with E-state index in [4.69, 9.17) is 0 Å². The molecule has 0 atom stereocenters. The third-order valence-corrected chi connectivity index (χ3v) is 1.08. The Hall–Kier alpha value is -1.16. The molecule has 0 spiro atoms. The summed E-state index contributed by atoms with van der Waals surface area (Å²) in [7, 11) is 0. The Morgan fingerprint density at radius 2 is 2.30 bits per heavy atom. The van der Waals surface area contributed by atoms with Crippen molar-refractivity contribution in [3.8, 4) is 0 Å². The lowest BCUT2D eigenvalue weighted by Gasteiger charge is -1.84. The number of hydrogen-bond donors (Lipinski definition) is 0. The van der Waals surface area contributed by atoms with Crippen molar-refractivity contribution in [1.29, 1.82) is 0 Å². The van der Waals surface area contributed by atoms with E-state index in [-0.39, 0.29) is 12.4 Å². The predicted molar refractivity (Wildman–Crippen MR) is 38.0 cm³/mol. The third kappa shape index (κ3) is 0.930. The Bertz CT molecular complexity index is 288. The minimum Gasteiger partial charge on any atom is -0.225 e. The highest BCUT2D eigenvalue weighted by Gasteiger charge is 1.87. The standard InChI is InChI=1S/C5H4N4.ClH/c1-2-8-9-4-6-3-7-5(1)9;/h1-4H;1H. The van der Waals surface area contributed by atoms with E-state index < -0.39 is 0 Å². The van der Waals surface area contributed by atoms with Gasteiger partial charge in [-0.15, -0.1) is 12.4 Å². The van der Waals surface area contributed by atoms with Gasteiger partial charge in [-0.2, -0.15) is 5.10 Å². The van der Waals surface area contributed by atoms with Gasteiger partial charge in [0.05, 0.1) is 6.20 Å². The first kappa shape index (κ1) is 6.95. The van der Waals surface area contributed by atoms with Gasteiger partial charge >= 0.3 is 0 Å². The van der Waals surface area contributed by atoms with Crippen LogP contribution in [0.2, 0.25) is 0 Å². The summed E-state index contributed by atoms with van der Waals surface area (Å²) in [5.41, 5.74) is 0.824. The summed E-state index contributed by atoms with van der Waals surface area (Å²) >= 11 is 0. The van der Waals surface area contributed by atoms with Crippen LogP contribution in [0.1, 0.15) is 0 Å². The molecule has 0 bridgehead atoms. The van der Waals surface area contributed by atoms with E-state index >= 15 is 0 Å². The Labute approximate surface area is 63.3 Å². The lowest BCUT2D eigenvalue weighted by Crippen LogP contribution is -1.88. The molecule has 0 aromatic carbocycles. The van der Waals surface area contributed by atoms with E-state index in [1.165, 1.54) is 6.33 Å². The Morgan fingerprint density at radius 3 is 3.10 bits per heavy atom. The topological polar surface area (TPSA) is 43.1 Å². The fourth-order valence-electron chi connectivity index (χ4n) is 0.684. The molecular formula is C5H5ClN4. The summed E-state index contributed by atoms with van der Waals surface area (Å²) < 4.78 is 1.61. The van der Waals surface area contributed by atoms with Gasteiger partial charge in [0.2, 0.25) is 0 Å². The van der Waals surface area contributed by atoms with E-state index in [2.05, 4.69) is 15.1 Å². The molecular weight excluding hydrogens is 152 g/mol. The molecule has 0 N–H and O–H groups in total. The zero-order chi connectivity index (χ0) is 6.10. The number of hydrogen-bond acceptors (Lipinski definition) is 3. The molecule has 0 radical (unpaired) electrons. The average Bonchev–Trinajstić information content (AvgIpc) is 2.33. The zero-order valence-electron chi connectivity index (χ0n) is 5.01. The van der Waals surface area contributed by atoms with Crippen LogP contribution in [0.3, 0.4) is 0 Å². The van der Waals surface area contributed by atoms with Crippen molar-refractivity contribution in [2.45, 2.75) is 0 Å². The quantitative estimate of drug-likeness (QED) is 0.560. The van der Waals surface area contributed by atoms with Gasteiger partial charge in [-0.3, -0.25) is 0 Å². The van der Waals surface area contributed by atoms with Gasteiger partial charge in [-0.1, -0.05) is 0 Å². The number of aromatic nitrogens is 4. The van der Waals surface area contributed by atoms with Crippen LogP contribution in [0.5, 0.6) is 0 Å². The lowest BCUT2D eigenvalue weighted by molar-refractivity contribution is 0.891. The SMILES string of the molecule is Cl.c1ncn2nccc2n1. The van der Waals surface area contributed by atoms with Crippen molar-refractivity contribution in [3.63, 3.8) is 0 Å². The van der Waals surface area contributed by atoms with Crippen molar-refractivity contribution in [1.82, 2.24) is 19.6 Å². The van der Waals surface area contributed by atoms with Gasteiger partial charge in [0.25, 0.3) is 0 Å². The van der Waals surface area contributed by atoms with Gasteiger partial charge in [0.1, 0.15) is 12.7 Å². The van der Waals surface area contributed by atoms with Gasteiger partial charge in [-0.25, -0.2) is 14.5 Å². The number of rotatable bonds is 0. The highest BCUT2D eigenvalue weighted by Crippen LogP contribution is 1.90. The van der Waals surface area contributed by atoms with Crippen molar-refractivity contribution >= 4 is 18.1 Å². The lowest BCUT2D eigenvalue weighted by atomic mass is 10.7. The molecule has 2 aromatic heterocycles. The molecule has 0 fully saturated rings. The normalized spacial score (nSPS) is 9.20. The number of nitrogens with zero attached hydrogens (tertiary/aromatic N) is 4. The smallest absolute Gasteiger partial charge is 0.158 e. The van der Waals surface area contributed by atoms with E-state index in [1.54, 1.807) is 17.0 Å². The molecule has 2 heterocycles. The third-order valence-electron chi connectivity index (χ3n) is 1.08. The van der Waals surface area contributed by atoms with E-state index in [9.17, 15) is 0 Å². The van der Waals surface area contributed by atoms with Gasteiger partial charge in [-0.05, 0) is 0 Å². The summed E-state index contributed by atoms with van der Waals surface area (Å²) in [6, 6.07) is 1.82. The molecule has 0 unspecified atom stereocenters. The molecule has 0 aliphatic heterocycles. The largest absolute Gasteiger partial charge is 0.225 e. The minimum absolute atomic E-state index is 0. The summed E-state index contributed by atoms with van der Waals surface area (Å²) in [5, 5.41) is 3.91. The first-order chi connectivity index (χ1) is 4.47. The first-order valence-electron chi connectivity index (χ1n) is 2.56. The van der Waals surface area contributed by atoms with Crippen molar-refractivity contribution in [3.05, 3.63) is 24.9 Å². The maximum Gasteiger partial charge on any atom is 0.158 e. The maximum absolute atomic E-state index is 3.93. The first-order valence-corrected chi connectivity index (χ1v) is 2.56. The van der Waals surface area contributed by atoms with Crippen molar-refractivity contribution in [2.75, 3.05) is 0 Å². The molecule has 0 aliphatic carbocycles. The monoisotopic (exact) mass is 156 g/mol. The molecule has 2 aromatic rings. The maximum atomic E-state index is 3.93. The van der Waals surface area contributed by atoms with Crippen LogP contribution in [-0.2, 0) is 0 Å². The van der Waals surface area contributed by atoms with Crippen molar-refractivity contribution in [2.24, 2.45) is 0 Å². The molecule has 0 aliphatic rings. The van der Waals surface area contributed by atoms with Gasteiger partial charge in [0.15, 0.2) is 5.65 Å². The van der Waals surface area contributed by atoms with E-state index in [1.807, 2.05) is 6.07 Å². The number of fused-ring (bicyclic) bond motifs is 1. The second-order valence-electron chi connectivity index (χ2n) is 1.64. The van der Waals surface area contributed by atoms with Crippen LogP contribution in [-0.4, -0.2) is 19.6 Å². The predicted octanol–water partition coefficient (Wildman–Crippen LogP) is 0.546. The van der Waals surface area contributed by atoms with Crippen molar-refractivity contribution < 1.29 is 0 Å². The molecule has 2 rings (SSSR count). The molecule has 0 saturated heterocycles. The van der Waals surface area contributed by atoms with Crippen LogP contribution in [0.15, 0.2) is 24.9 Å². The Balaban J connectivity index is 0.000000500. The van der Waals surface area contributed by atoms with Crippen LogP contribution in [0.4, 0.5) is 0 Å². The Morgan fingerprint density at radius 1 is 1.40 bits per heavy atom. The van der Waals surface area contributed by atoms with E-state index in [0.717, 1.165) is 5.65 Å². The molecule has 0 saturated carbocycles.